The third kappa shape index (κ3) is 0.918. The Bertz CT molecular complexity index is 397. The largest absolute Gasteiger partial charge is 0.396 e. The van der Waals surface area contributed by atoms with Crippen LogP contribution in [0.2, 0.25) is 0 Å². The summed E-state index contributed by atoms with van der Waals surface area (Å²) in [5, 5.41) is 31.0. The molecule has 0 spiro atoms. The maximum Gasteiger partial charge on any atom is 0.0743 e. The fraction of sp³-hybridized carbons (Fsp3) is 1.00. The molecular formula is C15H24O3. The van der Waals surface area contributed by atoms with Gasteiger partial charge in [-0.3, -0.25) is 0 Å². The van der Waals surface area contributed by atoms with E-state index < -0.39 is 5.60 Å². The molecule has 3 N–H and O–H groups in total. The zero-order valence-electron chi connectivity index (χ0n) is 11.2. The molecule has 9 atom stereocenters. The van der Waals surface area contributed by atoms with Gasteiger partial charge in [-0.2, -0.15) is 0 Å². The van der Waals surface area contributed by atoms with Gasteiger partial charge in [-0.1, -0.05) is 13.8 Å². The van der Waals surface area contributed by atoms with E-state index >= 15 is 0 Å². The second-order valence-corrected chi connectivity index (χ2v) is 7.69. The van der Waals surface area contributed by atoms with Crippen molar-refractivity contribution >= 4 is 0 Å². The van der Waals surface area contributed by atoms with Gasteiger partial charge in [-0.15, -0.1) is 0 Å². The summed E-state index contributed by atoms with van der Waals surface area (Å²) in [7, 11) is 0. The van der Waals surface area contributed by atoms with Crippen molar-refractivity contribution in [3.8, 4) is 0 Å². The lowest BCUT2D eigenvalue weighted by Gasteiger charge is -2.61. The lowest BCUT2D eigenvalue weighted by molar-refractivity contribution is -0.246. The van der Waals surface area contributed by atoms with Gasteiger partial charge in [0.25, 0.3) is 0 Å². The van der Waals surface area contributed by atoms with E-state index in [0.29, 0.717) is 29.6 Å². The van der Waals surface area contributed by atoms with Crippen LogP contribution in [-0.4, -0.2) is 33.6 Å². The Balaban J connectivity index is 1.78. The lowest BCUT2D eigenvalue weighted by atomic mass is 9.47. The molecule has 0 heterocycles. The molecule has 0 aromatic heterocycles. The van der Waals surface area contributed by atoms with Crippen LogP contribution in [-0.2, 0) is 0 Å². The van der Waals surface area contributed by atoms with Gasteiger partial charge in [-0.25, -0.2) is 0 Å². The van der Waals surface area contributed by atoms with Gasteiger partial charge in [0, 0.05) is 12.0 Å². The predicted octanol–water partition coefficient (Wildman–Crippen LogP) is 1.02. The van der Waals surface area contributed by atoms with Crippen LogP contribution in [0, 0.1) is 40.9 Å². The number of hydrogen-bond acceptors (Lipinski definition) is 3. The molecule has 102 valence electrons. The highest BCUT2D eigenvalue weighted by molar-refractivity contribution is 5.31. The number of aliphatic hydroxyl groups is 3. The molecule has 9 unspecified atom stereocenters. The zero-order valence-corrected chi connectivity index (χ0v) is 11.2. The molecule has 4 rings (SSSR count). The van der Waals surface area contributed by atoms with Crippen LogP contribution >= 0.6 is 0 Å². The highest BCUT2D eigenvalue weighted by Gasteiger charge is 2.83. The normalized spacial score (nSPS) is 65.8. The van der Waals surface area contributed by atoms with E-state index in [4.69, 9.17) is 0 Å². The molecule has 3 nitrogen and oxygen atoms in total. The summed E-state index contributed by atoms with van der Waals surface area (Å²) < 4.78 is 0. The van der Waals surface area contributed by atoms with E-state index in [-0.39, 0.29) is 24.0 Å². The Morgan fingerprint density at radius 2 is 2.06 bits per heavy atom. The SMILES string of the molecule is CC(CO)C1CCC2(C)C3C(O)C4CC2(O)C4C13. The number of fused-ring (bicyclic) bond motifs is 1. The highest BCUT2D eigenvalue weighted by Crippen LogP contribution is 2.80. The van der Waals surface area contributed by atoms with Gasteiger partial charge in [0.1, 0.15) is 0 Å². The van der Waals surface area contributed by atoms with Crippen molar-refractivity contribution in [1.29, 1.82) is 0 Å². The number of rotatable bonds is 2. The molecule has 4 aliphatic carbocycles. The van der Waals surface area contributed by atoms with Crippen LogP contribution in [0.3, 0.4) is 0 Å². The molecule has 18 heavy (non-hydrogen) atoms. The summed E-state index contributed by atoms with van der Waals surface area (Å²) in [6.07, 6.45) is 2.73. The van der Waals surface area contributed by atoms with E-state index in [9.17, 15) is 15.3 Å². The minimum atomic E-state index is -0.504. The Labute approximate surface area is 108 Å². The second-order valence-electron chi connectivity index (χ2n) is 7.69. The molecule has 0 radical (unpaired) electrons. The van der Waals surface area contributed by atoms with Gasteiger partial charge in [-0.05, 0) is 54.8 Å². The third-order valence-corrected chi connectivity index (χ3v) is 7.43. The molecule has 0 aromatic carbocycles. The molecule has 0 aliphatic heterocycles. The molecule has 0 amide bonds. The van der Waals surface area contributed by atoms with Gasteiger partial charge in [0.15, 0.2) is 0 Å². The van der Waals surface area contributed by atoms with Crippen LogP contribution in [0.4, 0.5) is 0 Å². The zero-order chi connectivity index (χ0) is 12.9. The van der Waals surface area contributed by atoms with Crippen LogP contribution in [0.15, 0.2) is 0 Å². The molecule has 4 saturated carbocycles. The van der Waals surface area contributed by atoms with Crippen molar-refractivity contribution in [2.24, 2.45) is 40.9 Å². The van der Waals surface area contributed by atoms with Crippen LogP contribution in [0.1, 0.15) is 33.1 Å². The average Bonchev–Trinajstić information content (AvgIpc) is 2.61. The molecule has 4 fully saturated rings. The maximum atomic E-state index is 11.0. The summed E-state index contributed by atoms with van der Waals surface area (Å²) in [6.45, 7) is 4.55. The van der Waals surface area contributed by atoms with Crippen LogP contribution < -0.4 is 0 Å². The van der Waals surface area contributed by atoms with E-state index in [1.54, 1.807) is 0 Å². The fourth-order valence-electron chi connectivity index (χ4n) is 6.55. The summed E-state index contributed by atoms with van der Waals surface area (Å²) in [5.41, 5.74) is -0.571. The van der Waals surface area contributed by atoms with Crippen molar-refractivity contribution in [3.63, 3.8) is 0 Å². The summed E-state index contributed by atoms with van der Waals surface area (Å²) in [6, 6.07) is 0. The van der Waals surface area contributed by atoms with Crippen molar-refractivity contribution < 1.29 is 15.3 Å². The predicted molar refractivity (Wildman–Crippen MR) is 66.6 cm³/mol. The first kappa shape index (κ1) is 11.7. The second kappa shape index (κ2) is 3.13. The van der Waals surface area contributed by atoms with E-state index in [1.807, 2.05) is 0 Å². The quantitative estimate of drug-likeness (QED) is 0.687. The first-order valence-electron chi connectivity index (χ1n) is 7.47. The number of aliphatic hydroxyl groups excluding tert-OH is 2. The molecule has 0 saturated heterocycles. The summed E-state index contributed by atoms with van der Waals surface area (Å²) in [5.74, 6) is 2.17. The Morgan fingerprint density at radius 3 is 2.72 bits per heavy atom. The topological polar surface area (TPSA) is 60.7 Å². The van der Waals surface area contributed by atoms with Crippen molar-refractivity contribution in [2.75, 3.05) is 6.61 Å². The number of hydrogen-bond donors (Lipinski definition) is 3. The average molecular weight is 252 g/mol. The molecule has 0 aromatic rings. The Morgan fingerprint density at radius 1 is 1.33 bits per heavy atom. The smallest absolute Gasteiger partial charge is 0.0743 e. The first-order valence-corrected chi connectivity index (χ1v) is 7.47. The van der Waals surface area contributed by atoms with E-state index in [2.05, 4.69) is 13.8 Å². The molecule has 4 bridgehead atoms. The Kier molecular flexibility index (Phi) is 2.03. The van der Waals surface area contributed by atoms with Crippen molar-refractivity contribution in [2.45, 2.75) is 44.8 Å². The summed E-state index contributed by atoms with van der Waals surface area (Å²) in [4.78, 5) is 0. The van der Waals surface area contributed by atoms with Gasteiger partial charge < -0.3 is 15.3 Å². The van der Waals surface area contributed by atoms with Gasteiger partial charge in [0.2, 0.25) is 0 Å². The minimum absolute atomic E-state index is 0.0673. The molecule has 4 aliphatic rings. The highest BCUT2D eigenvalue weighted by atomic mass is 16.3. The van der Waals surface area contributed by atoms with E-state index in [1.165, 1.54) is 0 Å². The standard InChI is InChI=1S/C15H24O3/c1-7(6-16)8-3-4-14(2)12-10(8)11-9(13(12)17)5-15(11,14)18/h7-13,16-18H,3-6H2,1-2H3. The summed E-state index contributed by atoms with van der Waals surface area (Å²) >= 11 is 0. The lowest BCUT2D eigenvalue weighted by Crippen LogP contribution is -2.66. The fourth-order valence-corrected chi connectivity index (χ4v) is 6.55. The molecular weight excluding hydrogens is 228 g/mol. The first-order chi connectivity index (χ1) is 8.45. The van der Waals surface area contributed by atoms with Crippen LogP contribution in [0.5, 0.6) is 0 Å². The van der Waals surface area contributed by atoms with Gasteiger partial charge >= 0.3 is 0 Å². The maximum absolute atomic E-state index is 11.0. The molecule has 3 heteroatoms. The Hall–Kier alpha value is -0.120. The third-order valence-electron chi connectivity index (χ3n) is 7.43. The van der Waals surface area contributed by atoms with Crippen LogP contribution in [0.25, 0.3) is 0 Å². The van der Waals surface area contributed by atoms with Crippen molar-refractivity contribution in [3.05, 3.63) is 0 Å². The van der Waals surface area contributed by atoms with Crippen molar-refractivity contribution in [1.82, 2.24) is 0 Å². The van der Waals surface area contributed by atoms with Gasteiger partial charge in [0.05, 0.1) is 11.7 Å². The van der Waals surface area contributed by atoms with E-state index in [0.717, 1.165) is 19.3 Å². The minimum Gasteiger partial charge on any atom is -0.396 e. The monoisotopic (exact) mass is 252 g/mol.